The van der Waals surface area contributed by atoms with Crippen molar-refractivity contribution in [1.82, 2.24) is 19.5 Å². The van der Waals surface area contributed by atoms with Crippen LogP contribution in [0.1, 0.15) is 42.8 Å². The molecule has 1 saturated heterocycles. The zero-order valence-corrected chi connectivity index (χ0v) is 15.1. The van der Waals surface area contributed by atoms with E-state index in [2.05, 4.69) is 16.2 Å². The molecule has 3 heterocycles. The predicted octanol–water partition coefficient (Wildman–Crippen LogP) is 1.79. The summed E-state index contributed by atoms with van der Waals surface area (Å²) in [5.74, 6) is 0.138. The molecule has 132 valence electrons. The molecule has 0 bridgehead atoms. The molecule has 0 saturated carbocycles. The standard InChI is InChI=1S/C18H23N5O2/c1-11-9-22(10-12(2)25-11)17(24)6-5-16-13(3)21-18-15(7-19)8-20-23(18)14(16)4/h8,11-12H,5-6,9-10H2,1-4H3. The number of aromatic nitrogens is 3. The molecule has 1 aliphatic rings. The number of rotatable bonds is 3. The molecule has 3 rings (SSSR count). The number of nitriles is 1. The van der Waals surface area contributed by atoms with Crippen molar-refractivity contribution in [3.05, 3.63) is 28.7 Å². The first-order valence-corrected chi connectivity index (χ1v) is 8.57. The number of hydrogen-bond donors (Lipinski definition) is 0. The number of carbonyl (C=O) groups is 1. The molecule has 7 heteroatoms. The fourth-order valence-corrected chi connectivity index (χ4v) is 3.52. The second-order valence-corrected chi connectivity index (χ2v) is 6.72. The molecule has 2 atom stereocenters. The van der Waals surface area contributed by atoms with Crippen LogP contribution in [0.15, 0.2) is 6.20 Å². The molecule has 1 aliphatic heterocycles. The molecule has 2 unspecified atom stereocenters. The molecule has 0 N–H and O–H groups in total. The quantitative estimate of drug-likeness (QED) is 0.850. The fourth-order valence-electron chi connectivity index (χ4n) is 3.52. The Hall–Kier alpha value is -2.46. The highest BCUT2D eigenvalue weighted by atomic mass is 16.5. The lowest BCUT2D eigenvalue weighted by molar-refractivity contribution is -0.143. The van der Waals surface area contributed by atoms with Crippen LogP contribution < -0.4 is 0 Å². The number of nitrogens with zero attached hydrogens (tertiary/aromatic N) is 5. The van der Waals surface area contributed by atoms with Crippen LogP contribution in [0, 0.1) is 25.2 Å². The highest BCUT2D eigenvalue weighted by Crippen LogP contribution is 2.19. The lowest BCUT2D eigenvalue weighted by Crippen LogP contribution is -2.48. The molecule has 0 aromatic carbocycles. The van der Waals surface area contributed by atoms with E-state index in [1.165, 1.54) is 6.20 Å². The maximum atomic E-state index is 12.6. The molecule has 0 spiro atoms. The van der Waals surface area contributed by atoms with E-state index in [1.54, 1.807) is 4.52 Å². The van der Waals surface area contributed by atoms with Gasteiger partial charge in [0, 0.05) is 30.9 Å². The van der Waals surface area contributed by atoms with Crippen LogP contribution in [-0.2, 0) is 16.0 Å². The fraction of sp³-hybridized carbons (Fsp3) is 0.556. The second-order valence-electron chi connectivity index (χ2n) is 6.72. The van der Waals surface area contributed by atoms with Crippen molar-refractivity contribution >= 4 is 11.6 Å². The summed E-state index contributed by atoms with van der Waals surface area (Å²) in [5.41, 5.74) is 3.83. The lowest BCUT2D eigenvalue weighted by atomic mass is 10.1. The molecular weight excluding hydrogens is 318 g/mol. The highest BCUT2D eigenvalue weighted by molar-refractivity contribution is 5.76. The Morgan fingerprint density at radius 3 is 2.68 bits per heavy atom. The van der Waals surface area contributed by atoms with Gasteiger partial charge in [-0.3, -0.25) is 4.79 Å². The Bertz CT molecular complexity index is 841. The van der Waals surface area contributed by atoms with Crippen LogP contribution >= 0.6 is 0 Å². The maximum Gasteiger partial charge on any atom is 0.223 e. The SMILES string of the molecule is Cc1nc2c(C#N)cnn2c(C)c1CCC(=O)N1CC(C)OC(C)C1. The zero-order valence-electron chi connectivity index (χ0n) is 15.1. The van der Waals surface area contributed by atoms with Gasteiger partial charge in [0.15, 0.2) is 5.65 Å². The predicted molar refractivity (Wildman–Crippen MR) is 92.1 cm³/mol. The van der Waals surface area contributed by atoms with Gasteiger partial charge in [-0.1, -0.05) is 0 Å². The lowest BCUT2D eigenvalue weighted by Gasteiger charge is -2.35. The molecule has 1 fully saturated rings. The van der Waals surface area contributed by atoms with Gasteiger partial charge in [-0.05, 0) is 39.7 Å². The minimum absolute atomic E-state index is 0.0719. The Morgan fingerprint density at radius 1 is 1.36 bits per heavy atom. The van der Waals surface area contributed by atoms with E-state index >= 15 is 0 Å². The van der Waals surface area contributed by atoms with E-state index in [9.17, 15) is 4.79 Å². The van der Waals surface area contributed by atoms with Crippen molar-refractivity contribution in [2.45, 2.75) is 52.7 Å². The molecule has 0 radical (unpaired) electrons. The monoisotopic (exact) mass is 341 g/mol. The van der Waals surface area contributed by atoms with Crippen LogP contribution in [0.4, 0.5) is 0 Å². The molecular formula is C18H23N5O2. The topological polar surface area (TPSA) is 83.5 Å². The first kappa shape index (κ1) is 17.4. The summed E-state index contributed by atoms with van der Waals surface area (Å²) in [7, 11) is 0. The van der Waals surface area contributed by atoms with Crippen LogP contribution in [0.3, 0.4) is 0 Å². The third kappa shape index (κ3) is 3.35. The number of carbonyl (C=O) groups excluding carboxylic acids is 1. The number of ether oxygens (including phenoxy) is 1. The van der Waals surface area contributed by atoms with E-state index in [0.29, 0.717) is 37.1 Å². The van der Waals surface area contributed by atoms with Gasteiger partial charge in [0.05, 0.1) is 18.4 Å². The minimum atomic E-state index is 0.0719. The molecule has 25 heavy (non-hydrogen) atoms. The molecule has 2 aromatic heterocycles. The summed E-state index contributed by atoms with van der Waals surface area (Å²) in [6, 6.07) is 2.11. The average Bonchev–Trinajstić information content (AvgIpc) is 2.96. The first-order chi connectivity index (χ1) is 11.9. The van der Waals surface area contributed by atoms with Crippen LogP contribution in [0.5, 0.6) is 0 Å². The Balaban J connectivity index is 1.77. The molecule has 0 aliphatic carbocycles. The van der Waals surface area contributed by atoms with E-state index in [1.807, 2.05) is 32.6 Å². The summed E-state index contributed by atoms with van der Waals surface area (Å²) in [5, 5.41) is 13.4. The smallest absolute Gasteiger partial charge is 0.223 e. The van der Waals surface area contributed by atoms with E-state index in [0.717, 1.165) is 17.0 Å². The summed E-state index contributed by atoms with van der Waals surface area (Å²) in [4.78, 5) is 19.0. The number of hydrogen-bond acceptors (Lipinski definition) is 5. The number of aryl methyl sites for hydroxylation is 2. The summed E-state index contributed by atoms with van der Waals surface area (Å²) in [6.07, 6.45) is 2.72. The molecule has 1 amide bonds. The normalized spacial score (nSPS) is 20.7. The van der Waals surface area contributed by atoms with E-state index in [4.69, 9.17) is 10.00 Å². The Kier molecular flexibility index (Phi) is 4.73. The van der Waals surface area contributed by atoms with Crippen molar-refractivity contribution in [2.24, 2.45) is 0 Å². The third-order valence-electron chi connectivity index (χ3n) is 4.69. The average molecular weight is 341 g/mol. The number of morpholine rings is 1. The van der Waals surface area contributed by atoms with Gasteiger partial charge in [0.2, 0.25) is 5.91 Å². The first-order valence-electron chi connectivity index (χ1n) is 8.57. The highest BCUT2D eigenvalue weighted by Gasteiger charge is 2.26. The van der Waals surface area contributed by atoms with Crippen LogP contribution in [0.2, 0.25) is 0 Å². The van der Waals surface area contributed by atoms with E-state index in [-0.39, 0.29) is 18.1 Å². The second kappa shape index (κ2) is 6.81. The van der Waals surface area contributed by atoms with Crippen molar-refractivity contribution in [2.75, 3.05) is 13.1 Å². The van der Waals surface area contributed by atoms with Gasteiger partial charge in [0.1, 0.15) is 11.6 Å². The number of amides is 1. The number of fused-ring (bicyclic) bond motifs is 1. The van der Waals surface area contributed by atoms with Gasteiger partial charge >= 0.3 is 0 Å². The van der Waals surface area contributed by atoms with Crippen molar-refractivity contribution in [3.63, 3.8) is 0 Å². The molecule has 2 aromatic rings. The Labute approximate surface area is 147 Å². The summed E-state index contributed by atoms with van der Waals surface area (Å²) < 4.78 is 7.37. The maximum absolute atomic E-state index is 12.6. The third-order valence-corrected chi connectivity index (χ3v) is 4.69. The van der Waals surface area contributed by atoms with E-state index < -0.39 is 0 Å². The van der Waals surface area contributed by atoms with Gasteiger partial charge in [0.25, 0.3) is 0 Å². The van der Waals surface area contributed by atoms with Crippen molar-refractivity contribution < 1.29 is 9.53 Å². The van der Waals surface area contributed by atoms with Crippen molar-refractivity contribution in [1.29, 1.82) is 5.26 Å². The van der Waals surface area contributed by atoms with Gasteiger partial charge in [-0.15, -0.1) is 0 Å². The van der Waals surface area contributed by atoms with Gasteiger partial charge in [-0.25, -0.2) is 9.50 Å². The van der Waals surface area contributed by atoms with Crippen LogP contribution in [-0.4, -0.2) is 50.7 Å². The van der Waals surface area contributed by atoms with Crippen molar-refractivity contribution in [3.8, 4) is 6.07 Å². The zero-order chi connectivity index (χ0) is 18.1. The largest absolute Gasteiger partial charge is 0.372 e. The molecule has 7 nitrogen and oxygen atoms in total. The Morgan fingerprint density at radius 2 is 2.04 bits per heavy atom. The minimum Gasteiger partial charge on any atom is -0.372 e. The summed E-state index contributed by atoms with van der Waals surface area (Å²) >= 11 is 0. The summed E-state index contributed by atoms with van der Waals surface area (Å²) in [6.45, 7) is 9.14. The van der Waals surface area contributed by atoms with Gasteiger partial charge < -0.3 is 9.64 Å². The van der Waals surface area contributed by atoms with Crippen LogP contribution in [0.25, 0.3) is 5.65 Å². The van der Waals surface area contributed by atoms with Gasteiger partial charge in [-0.2, -0.15) is 10.4 Å².